The Bertz CT molecular complexity index is 324. The SMILES string of the molecule is CC(C)(C)OC(=O)N1C[C@@]2(N)CCC[C@@]2(F)C1. The van der Waals surface area contributed by atoms with E-state index in [1.54, 1.807) is 20.8 Å². The van der Waals surface area contributed by atoms with Gasteiger partial charge in [-0.25, -0.2) is 9.18 Å². The summed E-state index contributed by atoms with van der Waals surface area (Å²) in [5, 5.41) is 0. The van der Waals surface area contributed by atoms with E-state index in [2.05, 4.69) is 0 Å². The summed E-state index contributed by atoms with van der Waals surface area (Å²) in [7, 11) is 0. The normalized spacial score (nSPS) is 37.1. The number of hydrogen-bond acceptors (Lipinski definition) is 3. The summed E-state index contributed by atoms with van der Waals surface area (Å²) in [5.74, 6) is 0. The van der Waals surface area contributed by atoms with Gasteiger partial charge in [-0.15, -0.1) is 0 Å². The van der Waals surface area contributed by atoms with Gasteiger partial charge in [0.25, 0.3) is 0 Å². The molecule has 17 heavy (non-hydrogen) atoms. The fourth-order valence-corrected chi connectivity index (χ4v) is 2.77. The van der Waals surface area contributed by atoms with Gasteiger partial charge in [-0.1, -0.05) is 0 Å². The van der Waals surface area contributed by atoms with Gasteiger partial charge >= 0.3 is 6.09 Å². The number of nitrogens with two attached hydrogens (primary N) is 1. The number of carbonyl (C=O) groups is 1. The maximum absolute atomic E-state index is 14.6. The number of alkyl halides is 1. The first-order valence-corrected chi connectivity index (χ1v) is 6.11. The standard InChI is InChI=1S/C12H21FN2O2/c1-10(2,3)17-9(16)15-7-11(13)5-4-6-12(11,14)8-15/h4-8,14H2,1-3H3/t11-,12+/m1/s1. The molecule has 1 aliphatic heterocycles. The second kappa shape index (κ2) is 3.57. The zero-order chi connectivity index (χ0) is 12.9. The number of halogens is 1. The van der Waals surface area contributed by atoms with Crippen molar-refractivity contribution >= 4 is 6.09 Å². The van der Waals surface area contributed by atoms with Crippen molar-refractivity contribution in [3.05, 3.63) is 0 Å². The van der Waals surface area contributed by atoms with Crippen molar-refractivity contribution < 1.29 is 13.9 Å². The molecule has 0 radical (unpaired) electrons. The Morgan fingerprint density at radius 2 is 2.00 bits per heavy atom. The van der Waals surface area contributed by atoms with E-state index >= 15 is 0 Å². The average Bonchev–Trinajstić information content (AvgIpc) is 2.50. The Balaban J connectivity index is 2.06. The van der Waals surface area contributed by atoms with Crippen LogP contribution < -0.4 is 5.73 Å². The summed E-state index contributed by atoms with van der Waals surface area (Å²) in [5.41, 5.74) is 3.21. The summed E-state index contributed by atoms with van der Waals surface area (Å²) in [4.78, 5) is 13.3. The van der Waals surface area contributed by atoms with Gasteiger partial charge in [0.15, 0.2) is 0 Å². The number of carbonyl (C=O) groups excluding carboxylic acids is 1. The molecule has 2 rings (SSSR count). The number of amides is 1. The molecular formula is C12H21FN2O2. The van der Waals surface area contributed by atoms with E-state index in [9.17, 15) is 9.18 Å². The van der Waals surface area contributed by atoms with Crippen LogP contribution in [0.5, 0.6) is 0 Å². The Labute approximate surface area is 101 Å². The summed E-state index contributed by atoms with van der Waals surface area (Å²) in [6, 6.07) is 0. The molecule has 2 atom stereocenters. The van der Waals surface area contributed by atoms with E-state index in [-0.39, 0.29) is 13.1 Å². The van der Waals surface area contributed by atoms with Crippen molar-refractivity contribution in [2.24, 2.45) is 5.73 Å². The van der Waals surface area contributed by atoms with Crippen molar-refractivity contribution in [2.75, 3.05) is 13.1 Å². The number of nitrogens with zero attached hydrogens (tertiary/aromatic N) is 1. The highest BCUT2D eigenvalue weighted by Gasteiger charge is 2.60. The smallest absolute Gasteiger partial charge is 0.410 e. The molecule has 1 heterocycles. The second-order valence-electron chi connectivity index (χ2n) is 6.31. The second-order valence-corrected chi connectivity index (χ2v) is 6.31. The molecule has 5 heteroatoms. The lowest BCUT2D eigenvalue weighted by Crippen LogP contribution is -2.53. The van der Waals surface area contributed by atoms with Gasteiger partial charge in [0.1, 0.15) is 11.3 Å². The van der Waals surface area contributed by atoms with Crippen LogP contribution in [0.1, 0.15) is 40.0 Å². The van der Waals surface area contributed by atoms with Crippen LogP contribution >= 0.6 is 0 Å². The highest BCUT2D eigenvalue weighted by molar-refractivity contribution is 5.69. The molecule has 0 aromatic heterocycles. The number of likely N-dealkylation sites (tertiary alicyclic amines) is 1. The van der Waals surface area contributed by atoms with Crippen LogP contribution in [0.4, 0.5) is 9.18 Å². The molecule has 0 bridgehead atoms. The van der Waals surface area contributed by atoms with Crippen LogP contribution in [0.2, 0.25) is 0 Å². The fourth-order valence-electron chi connectivity index (χ4n) is 2.77. The summed E-state index contributed by atoms with van der Waals surface area (Å²) >= 11 is 0. The van der Waals surface area contributed by atoms with Gasteiger partial charge in [-0.05, 0) is 40.0 Å². The maximum atomic E-state index is 14.6. The van der Waals surface area contributed by atoms with Crippen molar-refractivity contribution in [3.8, 4) is 0 Å². The molecule has 0 unspecified atom stereocenters. The highest BCUT2D eigenvalue weighted by Crippen LogP contribution is 2.46. The molecule has 1 saturated heterocycles. The molecule has 2 fully saturated rings. The van der Waals surface area contributed by atoms with Crippen LogP contribution in [0, 0.1) is 0 Å². The average molecular weight is 244 g/mol. The third kappa shape index (κ3) is 2.12. The van der Waals surface area contributed by atoms with Crippen molar-refractivity contribution in [3.63, 3.8) is 0 Å². The summed E-state index contributed by atoms with van der Waals surface area (Å²) in [6.07, 6.45) is 1.43. The maximum Gasteiger partial charge on any atom is 0.410 e. The van der Waals surface area contributed by atoms with E-state index in [1.165, 1.54) is 4.90 Å². The summed E-state index contributed by atoms with van der Waals surface area (Å²) in [6.45, 7) is 5.72. The largest absolute Gasteiger partial charge is 0.444 e. The molecule has 0 aromatic rings. The molecule has 2 N–H and O–H groups in total. The molecule has 98 valence electrons. The van der Waals surface area contributed by atoms with E-state index in [4.69, 9.17) is 10.5 Å². The fraction of sp³-hybridized carbons (Fsp3) is 0.917. The van der Waals surface area contributed by atoms with Gasteiger partial charge in [0, 0.05) is 6.54 Å². The zero-order valence-corrected chi connectivity index (χ0v) is 10.8. The quantitative estimate of drug-likeness (QED) is 0.707. The van der Waals surface area contributed by atoms with Crippen LogP contribution in [-0.4, -0.2) is 40.9 Å². The van der Waals surface area contributed by atoms with Gasteiger partial charge in [-0.3, -0.25) is 0 Å². The third-order valence-electron chi connectivity index (χ3n) is 3.65. The van der Waals surface area contributed by atoms with Crippen molar-refractivity contribution in [2.45, 2.75) is 56.8 Å². The van der Waals surface area contributed by atoms with Crippen LogP contribution in [-0.2, 0) is 4.74 Å². The lowest BCUT2D eigenvalue weighted by atomic mass is 9.89. The molecule has 1 saturated carbocycles. The minimum absolute atomic E-state index is 0.0679. The molecule has 0 spiro atoms. The van der Waals surface area contributed by atoms with E-state index in [0.717, 1.165) is 6.42 Å². The first-order chi connectivity index (χ1) is 7.65. The van der Waals surface area contributed by atoms with E-state index in [0.29, 0.717) is 12.8 Å². The third-order valence-corrected chi connectivity index (χ3v) is 3.65. The Hall–Kier alpha value is -0.840. The molecule has 1 amide bonds. The van der Waals surface area contributed by atoms with Crippen LogP contribution in [0.15, 0.2) is 0 Å². The van der Waals surface area contributed by atoms with Gasteiger partial charge < -0.3 is 15.4 Å². The molecule has 0 aromatic carbocycles. The van der Waals surface area contributed by atoms with Crippen LogP contribution in [0.3, 0.4) is 0 Å². The topological polar surface area (TPSA) is 55.6 Å². The predicted octanol–water partition coefficient (Wildman–Crippen LogP) is 1.83. The van der Waals surface area contributed by atoms with Crippen molar-refractivity contribution in [1.82, 2.24) is 4.90 Å². The number of ether oxygens (including phenoxy) is 1. The molecule has 1 aliphatic carbocycles. The Morgan fingerprint density at radius 3 is 2.53 bits per heavy atom. The van der Waals surface area contributed by atoms with Crippen LogP contribution in [0.25, 0.3) is 0 Å². The van der Waals surface area contributed by atoms with Gasteiger partial charge in [-0.2, -0.15) is 0 Å². The predicted molar refractivity (Wildman–Crippen MR) is 62.4 cm³/mol. The lowest BCUT2D eigenvalue weighted by molar-refractivity contribution is 0.0255. The molecular weight excluding hydrogens is 223 g/mol. The minimum atomic E-state index is -1.43. The van der Waals surface area contributed by atoms with E-state index in [1.807, 2.05) is 0 Å². The Morgan fingerprint density at radius 1 is 1.35 bits per heavy atom. The zero-order valence-electron chi connectivity index (χ0n) is 10.8. The number of rotatable bonds is 0. The monoisotopic (exact) mass is 244 g/mol. The highest BCUT2D eigenvalue weighted by atomic mass is 19.1. The van der Waals surface area contributed by atoms with Gasteiger partial charge in [0.05, 0.1) is 12.1 Å². The van der Waals surface area contributed by atoms with Crippen molar-refractivity contribution in [1.29, 1.82) is 0 Å². The lowest BCUT2D eigenvalue weighted by Gasteiger charge is -2.27. The molecule has 4 nitrogen and oxygen atoms in total. The number of hydrogen-bond donors (Lipinski definition) is 1. The first kappa shape index (κ1) is 12.6. The van der Waals surface area contributed by atoms with Gasteiger partial charge in [0.2, 0.25) is 0 Å². The summed E-state index contributed by atoms with van der Waals surface area (Å²) < 4.78 is 19.8. The molecule has 2 aliphatic rings. The van der Waals surface area contributed by atoms with E-state index < -0.39 is 22.9 Å². The number of fused-ring (bicyclic) bond motifs is 1. The first-order valence-electron chi connectivity index (χ1n) is 6.11. The minimum Gasteiger partial charge on any atom is -0.444 e. The Kier molecular flexibility index (Phi) is 2.65.